The number of rotatable bonds is 4. The topological polar surface area (TPSA) is 66.4 Å². The Kier molecular flexibility index (Phi) is 2.22. The lowest BCUT2D eigenvalue weighted by Crippen LogP contribution is -2.35. The molecular formula is C6H13NO3S. The lowest BCUT2D eigenvalue weighted by molar-refractivity contribution is 0.300. The number of aliphatic hydroxyl groups is 1. The summed E-state index contributed by atoms with van der Waals surface area (Å²) in [6.45, 7) is 1.69. The molecule has 0 aromatic rings. The Labute approximate surface area is 66.7 Å². The van der Waals surface area contributed by atoms with Crippen molar-refractivity contribution in [2.75, 3.05) is 13.2 Å². The fraction of sp³-hybridized carbons (Fsp3) is 1.00. The van der Waals surface area contributed by atoms with Crippen molar-refractivity contribution < 1.29 is 13.5 Å². The van der Waals surface area contributed by atoms with Gasteiger partial charge in [-0.1, -0.05) is 0 Å². The molecule has 0 aromatic heterocycles. The van der Waals surface area contributed by atoms with E-state index in [1.54, 1.807) is 6.92 Å². The third-order valence-electron chi connectivity index (χ3n) is 2.01. The highest BCUT2D eigenvalue weighted by Crippen LogP contribution is 2.41. The van der Waals surface area contributed by atoms with Crippen LogP contribution in [0, 0.1) is 0 Å². The van der Waals surface area contributed by atoms with E-state index in [9.17, 15) is 8.42 Å². The van der Waals surface area contributed by atoms with Crippen molar-refractivity contribution in [2.45, 2.75) is 24.5 Å². The first-order valence-electron chi connectivity index (χ1n) is 3.62. The quantitative estimate of drug-likeness (QED) is 0.608. The summed E-state index contributed by atoms with van der Waals surface area (Å²) in [7, 11) is -3.16. The Balaban J connectivity index is 2.54. The maximum Gasteiger partial charge on any atom is 0.217 e. The van der Waals surface area contributed by atoms with Crippen molar-refractivity contribution in [3.05, 3.63) is 0 Å². The molecule has 5 heteroatoms. The van der Waals surface area contributed by atoms with Gasteiger partial charge in [0.05, 0.1) is 11.4 Å². The molecule has 1 fully saturated rings. The second kappa shape index (κ2) is 2.73. The number of hydrogen-bond acceptors (Lipinski definition) is 3. The molecule has 1 saturated carbocycles. The lowest BCUT2D eigenvalue weighted by atomic mass is 10.5. The molecule has 0 bridgehead atoms. The monoisotopic (exact) mass is 179 g/mol. The standard InChI is InChI=1S/C6H13NO3S/c1-6(2-3-6)11(9,10)7-4-5-8/h7-8H,2-5H2,1H3. The number of nitrogens with one attached hydrogen (secondary N) is 1. The minimum atomic E-state index is -3.16. The first kappa shape index (κ1) is 8.96. The SMILES string of the molecule is CC1(S(=O)(=O)NCCO)CC1. The molecule has 66 valence electrons. The number of sulfonamides is 1. The van der Waals surface area contributed by atoms with Crippen molar-refractivity contribution in [1.82, 2.24) is 4.72 Å². The van der Waals surface area contributed by atoms with Crippen LogP contribution in [-0.4, -0.2) is 31.4 Å². The maximum absolute atomic E-state index is 11.3. The van der Waals surface area contributed by atoms with Gasteiger partial charge in [0, 0.05) is 6.54 Å². The van der Waals surface area contributed by atoms with E-state index in [4.69, 9.17) is 5.11 Å². The molecule has 0 radical (unpaired) electrons. The molecule has 0 unspecified atom stereocenters. The Bertz CT molecular complexity index is 230. The van der Waals surface area contributed by atoms with Crippen LogP contribution in [-0.2, 0) is 10.0 Å². The zero-order chi connectivity index (χ0) is 8.54. The van der Waals surface area contributed by atoms with Crippen molar-refractivity contribution >= 4 is 10.0 Å². The Hall–Kier alpha value is -0.130. The minimum absolute atomic E-state index is 0.123. The van der Waals surface area contributed by atoms with Gasteiger partial charge in [-0.2, -0.15) is 0 Å². The van der Waals surface area contributed by atoms with Crippen molar-refractivity contribution in [3.63, 3.8) is 0 Å². The Morgan fingerprint density at radius 2 is 2.09 bits per heavy atom. The van der Waals surface area contributed by atoms with Gasteiger partial charge in [-0.25, -0.2) is 13.1 Å². The van der Waals surface area contributed by atoms with Gasteiger partial charge in [-0.05, 0) is 19.8 Å². The van der Waals surface area contributed by atoms with Crippen LogP contribution in [0.25, 0.3) is 0 Å². The first-order chi connectivity index (χ1) is 5.02. The average Bonchev–Trinajstić information content (AvgIpc) is 2.65. The van der Waals surface area contributed by atoms with Crippen LogP contribution >= 0.6 is 0 Å². The molecule has 1 aliphatic carbocycles. The fourth-order valence-electron chi connectivity index (χ4n) is 0.799. The van der Waals surface area contributed by atoms with E-state index in [1.807, 2.05) is 0 Å². The predicted molar refractivity (Wildman–Crippen MR) is 41.6 cm³/mol. The van der Waals surface area contributed by atoms with Gasteiger partial charge in [0.25, 0.3) is 0 Å². The minimum Gasteiger partial charge on any atom is -0.395 e. The molecule has 1 rings (SSSR count). The molecule has 4 nitrogen and oxygen atoms in total. The van der Waals surface area contributed by atoms with Crippen LogP contribution in [0.15, 0.2) is 0 Å². The van der Waals surface area contributed by atoms with Crippen molar-refractivity contribution in [3.8, 4) is 0 Å². The van der Waals surface area contributed by atoms with Gasteiger partial charge in [-0.15, -0.1) is 0 Å². The highest BCUT2D eigenvalue weighted by atomic mass is 32.2. The van der Waals surface area contributed by atoms with Gasteiger partial charge in [0.15, 0.2) is 0 Å². The van der Waals surface area contributed by atoms with Crippen LogP contribution in [0.5, 0.6) is 0 Å². The van der Waals surface area contributed by atoms with E-state index in [0.29, 0.717) is 0 Å². The van der Waals surface area contributed by atoms with Gasteiger partial charge in [-0.3, -0.25) is 0 Å². The first-order valence-corrected chi connectivity index (χ1v) is 5.10. The van der Waals surface area contributed by atoms with Crippen molar-refractivity contribution in [2.24, 2.45) is 0 Å². The summed E-state index contributed by atoms with van der Waals surface area (Å²) in [4.78, 5) is 0. The fourth-order valence-corrected chi connectivity index (χ4v) is 2.15. The summed E-state index contributed by atoms with van der Waals surface area (Å²) in [5, 5.41) is 8.39. The summed E-state index contributed by atoms with van der Waals surface area (Å²) < 4.78 is 24.3. The van der Waals surface area contributed by atoms with Gasteiger partial charge in [0.1, 0.15) is 0 Å². The summed E-state index contributed by atoms with van der Waals surface area (Å²) in [5.41, 5.74) is 0. The van der Waals surface area contributed by atoms with Gasteiger partial charge < -0.3 is 5.11 Å². The van der Waals surface area contributed by atoms with Crippen LogP contribution < -0.4 is 4.72 Å². The second-order valence-corrected chi connectivity index (χ2v) is 5.35. The van der Waals surface area contributed by atoms with E-state index in [-0.39, 0.29) is 13.2 Å². The normalized spacial score (nSPS) is 21.6. The maximum atomic E-state index is 11.3. The lowest BCUT2D eigenvalue weighted by Gasteiger charge is -2.10. The summed E-state index contributed by atoms with van der Waals surface area (Å²) in [6, 6.07) is 0. The molecule has 0 aliphatic heterocycles. The van der Waals surface area contributed by atoms with E-state index in [1.165, 1.54) is 0 Å². The van der Waals surface area contributed by atoms with Crippen LogP contribution in [0.2, 0.25) is 0 Å². The summed E-state index contributed by atoms with van der Waals surface area (Å²) >= 11 is 0. The largest absolute Gasteiger partial charge is 0.395 e. The number of aliphatic hydroxyl groups excluding tert-OH is 1. The van der Waals surface area contributed by atoms with Crippen LogP contribution in [0.1, 0.15) is 19.8 Å². The molecule has 0 aromatic carbocycles. The number of hydrogen-bond donors (Lipinski definition) is 2. The molecule has 0 atom stereocenters. The molecule has 11 heavy (non-hydrogen) atoms. The predicted octanol–water partition coefficient (Wildman–Crippen LogP) is -0.549. The highest BCUT2D eigenvalue weighted by molar-refractivity contribution is 7.91. The highest BCUT2D eigenvalue weighted by Gasteiger charge is 2.49. The van der Waals surface area contributed by atoms with Crippen LogP contribution in [0.4, 0.5) is 0 Å². The molecule has 0 amide bonds. The molecular weight excluding hydrogens is 166 g/mol. The second-order valence-electron chi connectivity index (χ2n) is 3.07. The smallest absolute Gasteiger partial charge is 0.217 e. The molecule has 1 aliphatic rings. The van der Waals surface area contributed by atoms with Crippen molar-refractivity contribution in [1.29, 1.82) is 0 Å². The van der Waals surface area contributed by atoms with E-state index < -0.39 is 14.8 Å². The third kappa shape index (κ3) is 1.72. The molecule has 0 saturated heterocycles. The van der Waals surface area contributed by atoms with E-state index in [2.05, 4.69) is 4.72 Å². The molecule has 2 N–H and O–H groups in total. The van der Waals surface area contributed by atoms with Gasteiger partial charge >= 0.3 is 0 Å². The average molecular weight is 179 g/mol. The van der Waals surface area contributed by atoms with E-state index >= 15 is 0 Å². The van der Waals surface area contributed by atoms with E-state index in [0.717, 1.165) is 12.8 Å². The zero-order valence-corrected chi connectivity index (χ0v) is 7.32. The Morgan fingerprint density at radius 3 is 2.45 bits per heavy atom. The molecule has 0 heterocycles. The molecule has 0 spiro atoms. The van der Waals surface area contributed by atoms with Crippen LogP contribution in [0.3, 0.4) is 0 Å². The summed E-state index contributed by atoms with van der Waals surface area (Å²) in [6.07, 6.45) is 1.46. The third-order valence-corrected chi connectivity index (χ3v) is 4.30. The zero-order valence-electron chi connectivity index (χ0n) is 6.50. The van der Waals surface area contributed by atoms with Gasteiger partial charge in [0.2, 0.25) is 10.0 Å². The Morgan fingerprint density at radius 1 is 1.55 bits per heavy atom. The summed E-state index contributed by atoms with van der Waals surface area (Å²) in [5.74, 6) is 0.